The Kier molecular flexibility index (Phi) is 11.8. The van der Waals surface area contributed by atoms with Crippen LogP contribution in [-0.2, 0) is 17.9 Å². The van der Waals surface area contributed by atoms with Crippen LogP contribution in [0, 0.1) is 5.92 Å². The predicted octanol–water partition coefficient (Wildman–Crippen LogP) is 3.51. The summed E-state index contributed by atoms with van der Waals surface area (Å²) in [6.07, 6.45) is 4.13. The van der Waals surface area contributed by atoms with Crippen molar-refractivity contribution in [1.82, 2.24) is 15.2 Å². The summed E-state index contributed by atoms with van der Waals surface area (Å²) in [6.45, 7) is 8.98. The number of benzene rings is 1. The lowest BCUT2D eigenvalue weighted by molar-refractivity contribution is 0.0945. The van der Waals surface area contributed by atoms with Crippen molar-refractivity contribution in [2.24, 2.45) is 10.9 Å². The van der Waals surface area contributed by atoms with Crippen molar-refractivity contribution in [2.75, 3.05) is 26.2 Å². The van der Waals surface area contributed by atoms with Crippen molar-refractivity contribution in [2.45, 2.75) is 27.0 Å². The highest BCUT2D eigenvalue weighted by atomic mass is 127. The number of aliphatic imine (C=N–C) groups is 1. The number of nitrogens with one attached hydrogen (secondary N) is 2. The SMILES string of the molecule is CCNC(=NCC(C)COCc1ccccc1)NCCn1cccc1.I. The summed E-state index contributed by atoms with van der Waals surface area (Å²) in [5, 5.41) is 6.66. The molecule has 0 amide bonds. The molecule has 1 aromatic heterocycles. The van der Waals surface area contributed by atoms with E-state index in [2.05, 4.69) is 58.6 Å². The molecule has 2 rings (SSSR count). The van der Waals surface area contributed by atoms with E-state index in [1.165, 1.54) is 5.56 Å². The Balaban J connectivity index is 0.00000338. The molecule has 0 spiro atoms. The zero-order valence-corrected chi connectivity index (χ0v) is 18.1. The Morgan fingerprint density at radius 1 is 1.12 bits per heavy atom. The highest BCUT2D eigenvalue weighted by Crippen LogP contribution is 2.03. The average Bonchev–Trinajstić information content (AvgIpc) is 3.14. The first-order valence-corrected chi connectivity index (χ1v) is 9.02. The van der Waals surface area contributed by atoms with Crippen LogP contribution in [0.4, 0.5) is 0 Å². The molecule has 2 N–H and O–H groups in total. The van der Waals surface area contributed by atoms with Crippen LogP contribution in [0.1, 0.15) is 19.4 Å². The van der Waals surface area contributed by atoms with Crippen LogP contribution in [0.5, 0.6) is 0 Å². The fourth-order valence-electron chi connectivity index (χ4n) is 2.42. The van der Waals surface area contributed by atoms with Crippen LogP contribution in [0.2, 0.25) is 0 Å². The van der Waals surface area contributed by atoms with Gasteiger partial charge < -0.3 is 19.9 Å². The highest BCUT2D eigenvalue weighted by Gasteiger charge is 2.03. The maximum atomic E-state index is 5.79. The Morgan fingerprint density at radius 2 is 1.85 bits per heavy atom. The number of ether oxygens (including phenoxy) is 1. The number of nitrogens with zero attached hydrogens (tertiary/aromatic N) is 2. The molecule has 0 radical (unpaired) electrons. The number of guanidine groups is 1. The third kappa shape index (κ3) is 9.24. The molecule has 1 heterocycles. The molecule has 26 heavy (non-hydrogen) atoms. The van der Waals surface area contributed by atoms with Crippen LogP contribution in [0.3, 0.4) is 0 Å². The Bertz CT molecular complexity index is 602. The van der Waals surface area contributed by atoms with Gasteiger partial charge in [-0.3, -0.25) is 4.99 Å². The zero-order chi connectivity index (χ0) is 17.7. The minimum absolute atomic E-state index is 0. The fourth-order valence-corrected chi connectivity index (χ4v) is 2.42. The molecule has 0 saturated carbocycles. The van der Waals surface area contributed by atoms with Gasteiger partial charge in [-0.25, -0.2) is 0 Å². The summed E-state index contributed by atoms with van der Waals surface area (Å²) < 4.78 is 7.94. The average molecular weight is 470 g/mol. The van der Waals surface area contributed by atoms with Crippen LogP contribution < -0.4 is 10.6 Å². The third-order valence-corrected chi connectivity index (χ3v) is 3.75. The van der Waals surface area contributed by atoms with Gasteiger partial charge in [-0.15, -0.1) is 24.0 Å². The topological polar surface area (TPSA) is 50.6 Å². The van der Waals surface area contributed by atoms with E-state index in [4.69, 9.17) is 4.74 Å². The van der Waals surface area contributed by atoms with E-state index in [0.717, 1.165) is 32.1 Å². The number of hydrogen-bond acceptors (Lipinski definition) is 2. The van der Waals surface area contributed by atoms with Crippen molar-refractivity contribution < 1.29 is 4.74 Å². The Hall–Kier alpha value is -1.54. The first-order chi connectivity index (χ1) is 12.3. The molecule has 0 bridgehead atoms. The van der Waals surface area contributed by atoms with Gasteiger partial charge in [0.2, 0.25) is 0 Å². The van der Waals surface area contributed by atoms with Crippen molar-refractivity contribution >= 4 is 29.9 Å². The van der Waals surface area contributed by atoms with Crippen molar-refractivity contribution in [3.8, 4) is 0 Å². The molecule has 0 aliphatic heterocycles. The van der Waals surface area contributed by atoms with Gasteiger partial charge in [-0.05, 0) is 30.5 Å². The summed E-state index contributed by atoms with van der Waals surface area (Å²) in [4.78, 5) is 4.66. The summed E-state index contributed by atoms with van der Waals surface area (Å²) in [7, 11) is 0. The van der Waals surface area contributed by atoms with E-state index < -0.39 is 0 Å². The van der Waals surface area contributed by atoms with Crippen LogP contribution >= 0.6 is 24.0 Å². The highest BCUT2D eigenvalue weighted by molar-refractivity contribution is 14.0. The first-order valence-electron chi connectivity index (χ1n) is 9.02. The summed E-state index contributed by atoms with van der Waals surface area (Å²) in [6, 6.07) is 14.3. The summed E-state index contributed by atoms with van der Waals surface area (Å²) in [5.41, 5.74) is 1.21. The molecule has 0 saturated heterocycles. The van der Waals surface area contributed by atoms with Crippen molar-refractivity contribution in [1.29, 1.82) is 0 Å². The molecular weight excluding hydrogens is 439 g/mol. The molecule has 144 valence electrons. The van der Waals surface area contributed by atoms with Gasteiger partial charge in [0.1, 0.15) is 0 Å². The number of hydrogen-bond donors (Lipinski definition) is 2. The van der Waals surface area contributed by atoms with Crippen molar-refractivity contribution in [3.63, 3.8) is 0 Å². The standard InChI is InChI=1S/C20H30N4O.HI/c1-3-21-20(22-11-14-24-12-7-8-13-24)23-15-18(2)16-25-17-19-9-5-4-6-10-19;/h4-10,12-13,18H,3,11,14-17H2,1-2H3,(H2,21,22,23);1H. The third-order valence-electron chi connectivity index (χ3n) is 3.75. The quantitative estimate of drug-likeness (QED) is 0.318. The minimum Gasteiger partial charge on any atom is -0.376 e. The molecule has 0 aliphatic rings. The van der Waals surface area contributed by atoms with Gasteiger partial charge in [0.25, 0.3) is 0 Å². The molecular formula is C20H31IN4O. The largest absolute Gasteiger partial charge is 0.376 e. The smallest absolute Gasteiger partial charge is 0.191 e. The second-order valence-electron chi connectivity index (χ2n) is 6.17. The fraction of sp³-hybridized carbons (Fsp3) is 0.450. The molecule has 1 atom stereocenters. The second-order valence-corrected chi connectivity index (χ2v) is 6.17. The first kappa shape index (κ1) is 22.5. The maximum Gasteiger partial charge on any atom is 0.191 e. The molecule has 5 nitrogen and oxygen atoms in total. The van der Waals surface area contributed by atoms with Gasteiger partial charge in [0.15, 0.2) is 5.96 Å². The Morgan fingerprint density at radius 3 is 2.54 bits per heavy atom. The van der Waals surface area contributed by atoms with E-state index in [1.54, 1.807) is 0 Å². The number of rotatable bonds is 10. The van der Waals surface area contributed by atoms with E-state index in [-0.39, 0.29) is 24.0 Å². The zero-order valence-electron chi connectivity index (χ0n) is 15.7. The Labute approximate surface area is 174 Å². The second kappa shape index (κ2) is 13.6. The lowest BCUT2D eigenvalue weighted by atomic mass is 10.2. The van der Waals surface area contributed by atoms with Gasteiger partial charge in [0, 0.05) is 38.6 Å². The van der Waals surface area contributed by atoms with Crippen LogP contribution in [0.25, 0.3) is 0 Å². The van der Waals surface area contributed by atoms with E-state index in [0.29, 0.717) is 19.1 Å². The van der Waals surface area contributed by atoms with E-state index in [1.807, 2.05) is 30.3 Å². The van der Waals surface area contributed by atoms with Gasteiger partial charge in [-0.1, -0.05) is 37.3 Å². The minimum atomic E-state index is 0. The molecule has 1 unspecified atom stereocenters. The molecule has 2 aromatic rings. The van der Waals surface area contributed by atoms with Crippen LogP contribution in [-0.4, -0.2) is 36.8 Å². The van der Waals surface area contributed by atoms with Gasteiger partial charge in [0.05, 0.1) is 13.2 Å². The van der Waals surface area contributed by atoms with E-state index in [9.17, 15) is 0 Å². The predicted molar refractivity (Wildman–Crippen MR) is 119 cm³/mol. The number of halogens is 1. The number of aromatic nitrogens is 1. The molecule has 0 fully saturated rings. The molecule has 0 aliphatic carbocycles. The van der Waals surface area contributed by atoms with Gasteiger partial charge in [-0.2, -0.15) is 0 Å². The lowest BCUT2D eigenvalue weighted by Crippen LogP contribution is -2.39. The van der Waals surface area contributed by atoms with Crippen molar-refractivity contribution in [3.05, 3.63) is 60.4 Å². The maximum absolute atomic E-state index is 5.79. The van der Waals surface area contributed by atoms with Crippen LogP contribution in [0.15, 0.2) is 59.9 Å². The molecule has 1 aromatic carbocycles. The summed E-state index contributed by atoms with van der Waals surface area (Å²) in [5.74, 6) is 1.24. The summed E-state index contributed by atoms with van der Waals surface area (Å²) >= 11 is 0. The molecule has 6 heteroatoms. The monoisotopic (exact) mass is 470 g/mol. The lowest BCUT2D eigenvalue weighted by Gasteiger charge is -2.14. The van der Waals surface area contributed by atoms with E-state index >= 15 is 0 Å². The van der Waals surface area contributed by atoms with Gasteiger partial charge >= 0.3 is 0 Å². The normalized spacial score (nSPS) is 12.3.